The van der Waals surface area contributed by atoms with Gasteiger partial charge in [-0.2, -0.15) is 0 Å². The molecule has 3 aliphatic rings. The average Bonchev–Trinajstić information content (AvgIpc) is 3.23. The Bertz CT molecular complexity index is 815. The number of hydrogen-bond donors (Lipinski definition) is 1. The maximum absolute atomic E-state index is 13.3. The Labute approximate surface area is 184 Å². The summed E-state index contributed by atoms with van der Waals surface area (Å²) in [6, 6.07) is 8.16. The van der Waals surface area contributed by atoms with E-state index < -0.39 is 11.9 Å². The number of rotatable bonds is 5. The van der Waals surface area contributed by atoms with Crippen LogP contribution in [0.5, 0.6) is 0 Å². The highest BCUT2D eigenvalue weighted by molar-refractivity contribution is 5.99. The number of esters is 1. The fraction of sp³-hybridized carbons (Fsp3) is 0.640. The van der Waals surface area contributed by atoms with Crippen LogP contribution in [0.1, 0.15) is 63.9 Å². The molecule has 2 saturated carbocycles. The standard InChI is InChI=1S/C25H34N2O4/c1-17-10-12-19(13-11-17)26-23(28)16-31-25(30)21-8-4-3-7-20(21)24(29)27-15-14-18-6-2-5-9-22(18)27/h2,5-6,9,17,19-21H,3-4,7-8,10-16H2,1H3,(H,26,28)/t17?,19?,20-,21-/m0/s1. The summed E-state index contributed by atoms with van der Waals surface area (Å²) in [4.78, 5) is 40.3. The Kier molecular flexibility index (Phi) is 6.93. The van der Waals surface area contributed by atoms with Gasteiger partial charge in [-0.3, -0.25) is 14.4 Å². The van der Waals surface area contributed by atoms with Gasteiger partial charge in [-0.1, -0.05) is 38.0 Å². The molecule has 31 heavy (non-hydrogen) atoms. The van der Waals surface area contributed by atoms with Crippen LogP contribution >= 0.6 is 0 Å². The molecule has 0 bridgehead atoms. The van der Waals surface area contributed by atoms with Crippen LogP contribution in [0.25, 0.3) is 0 Å². The summed E-state index contributed by atoms with van der Waals surface area (Å²) in [5, 5.41) is 3.00. The normalized spacial score (nSPS) is 28.0. The molecule has 0 unspecified atom stereocenters. The van der Waals surface area contributed by atoms with E-state index in [2.05, 4.69) is 18.3 Å². The van der Waals surface area contributed by atoms with E-state index in [-0.39, 0.29) is 30.4 Å². The van der Waals surface area contributed by atoms with E-state index in [1.54, 1.807) is 0 Å². The van der Waals surface area contributed by atoms with Gasteiger partial charge in [-0.05, 0) is 62.5 Å². The largest absolute Gasteiger partial charge is 0.455 e. The van der Waals surface area contributed by atoms with E-state index in [0.29, 0.717) is 25.3 Å². The molecule has 4 rings (SSSR count). The first-order valence-corrected chi connectivity index (χ1v) is 11.9. The molecule has 1 aromatic carbocycles. The van der Waals surface area contributed by atoms with Crippen molar-refractivity contribution in [1.82, 2.24) is 5.32 Å². The molecule has 2 aliphatic carbocycles. The van der Waals surface area contributed by atoms with Crippen molar-refractivity contribution in [2.75, 3.05) is 18.1 Å². The van der Waals surface area contributed by atoms with Crippen LogP contribution in [-0.2, 0) is 25.5 Å². The summed E-state index contributed by atoms with van der Waals surface area (Å²) in [6.07, 6.45) is 8.25. The van der Waals surface area contributed by atoms with E-state index >= 15 is 0 Å². The van der Waals surface area contributed by atoms with Crippen LogP contribution in [0.2, 0.25) is 0 Å². The van der Waals surface area contributed by atoms with E-state index in [1.165, 1.54) is 5.56 Å². The lowest BCUT2D eigenvalue weighted by Gasteiger charge is -2.32. The minimum Gasteiger partial charge on any atom is -0.455 e. The number of hydrogen-bond acceptors (Lipinski definition) is 4. The van der Waals surface area contributed by atoms with Crippen molar-refractivity contribution in [3.63, 3.8) is 0 Å². The number of nitrogens with zero attached hydrogens (tertiary/aromatic N) is 1. The van der Waals surface area contributed by atoms with Crippen molar-refractivity contribution < 1.29 is 19.1 Å². The number of ether oxygens (including phenoxy) is 1. The van der Waals surface area contributed by atoms with Gasteiger partial charge >= 0.3 is 5.97 Å². The van der Waals surface area contributed by atoms with Crippen molar-refractivity contribution in [2.24, 2.45) is 17.8 Å². The Morgan fingerprint density at radius 3 is 2.48 bits per heavy atom. The molecule has 6 heteroatoms. The second-order valence-corrected chi connectivity index (χ2v) is 9.50. The first-order valence-electron chi connectivity index (χ1n) is 11.9. The summed E-state index contributed by atoms with van der Waals surface area (Å²) in [5.74, 6) is -0.729. The lowest BCUT2D eigenvalue weighted by atomic mass is 9.78. The van der Waals surface area contributed by atoms with Crippen molar-refractivity contribution >= 4 is 23.5 Å². The quantitative estimate of drug-likeness (QED) is 0.730. The van der Waals surface area contributed by atoms with Gasteiger partial charge in [0.15, 0.2) is 6.61 Å². The molecular formula is C25H34N2O4. The second-order valence-electron chi connectivity index (χ2n) is 9.50. The molecule has 1 N–H and O–H groups in total. The minimum atomic E-state index is -0.461. The first kappa shape index (κ1) is 21.8. The van der Waals surface area contributed by atoms with Crippen LogP contribution in [0.15, 0.2) is 24.3 Å². The van der Waals surface area contributed by atoms with Crippen LogP contribution in [0.4, 0.5) is 5.69 Å². The molecule has 2 amide bonds. The topological polar surface area (TPSA) is 75.7 Å². The van der Waals surface area contributed by atoms with Gasteiger partial charge in [0.05, 0.1) is 11.8 Å². The molecule has 0 radical (unpaired) electrons. The van der Waals surface area contributed by atoms with Crippen LogP contribution in [0, 0.1) is 17.8 Å². The zero-order valence-electron chi connectivity index (χ0n) is 18.5. The van der Waals surface area contributed by atoms with Crippen LogP contribution < -0.4 is 10.2 Å². The Hall–Kier alpha value is -2.37. The van der Waals surface area contributed by atoms with Crippen LogP contribution in [-0.4, -0.2) is 37.0 Å². The smallest absolute Gasteiger partial charge is 0.310 e. The molecule has 0 aromatic heterocycles. The summed E-state index contributed by atoms with van der Waals surface area (Å²) < 4.78 is 5.40. The van der Waals surface area contributed by atoms with Gasteiger partial charge in [-0.25, -0.2) is 0 Å². The lowest BCUT2D eigenvalue weighted by molar-refractivity contribution is -0.157. The van der Waals surface area contributed by atoms with Gasteiger partial charge in [0.2, 0.25) is 5.91 Å². The summed E-state index contributed by atoms with van der Waals surface area (Å²) >= 11 is 0. The number of carbonyl (C=O) groups excluding carboxylic acids is 3. The Morgan fingerprint density at radius 1 is 1.00 bits per heavy atom. The van der Waals surface area contributed by atoms with E-state index in [0.717, 1.165) is 50.6 Å². The zero-order chi connectivity index (χ0) is 21.8. The van der Waals surface area contributed by atoms with E-state index in [9.17, 15) is 14.4 Å². The monoisotopic (exact) mass is 426 g/mol. The van der Waals surface area contributed by atoms with Crippen molar-refractivity contribution in [2.45, 2.75) is 70.8 Å². The number of amides is 2. The van der Waals surface area contributed by atoms with Gasteiger partial charge in [0.25, 0.3) is 5.91 Å². The molecular weight excluding hydrogens is 392 g/mol. The predicted molar refractivity (Wildman–Crippen MR) is 118 cm³/mol. The zero-order valence-corrected chi connectivity index (χ0v) is 18.5. The Balaban J connectivity index is 1.32. The first-order chi connectivity index (χ1) is 15.0. The average molecular weight is 427 g/mol. The minimum absolute atomic E-state index is 0.0207. The summed E-state index contributed by atoms with van der Waals surface area (Å²) in [5.41, 5.74) is 2.14. The van der Waals surface area contributed by atoms with Crippen molar-refractivity contribution in [3.05, 3.63) is 29.8 Å². The van der Waals surface area contributed by atoms with Gasteiger partial charge in [-0.15, -0.1) is 0 Å². The van der Waals surface area contributed by atoms with Crippen LogP contribution in [0.3, 0.4) is 0 Å². The number of nitrogens with one attached hydrogen (secondary N) is 1. The molecule has 6 nitrogen and oxygen atoms in total. The number of benzene rings is 1. The predicted octanol–water partition coefficient (Wildman–Crippen LogP) is 3.62. The molecule has 168 valence electrons. The highest BCUT2D eigenvalue weighted by Crippen LogP contribution is 2.36. The van der Waals surface area contributed by atoms with Gasteiger partial charge < -0.3 is 15.0 Å². The summed E-state index contributed by atoms with van der Waals surface area (Å²) in [6.45, 7) is 2.65. The number of carbonyl (C=O) groups is 3. The lowest BCUT2D eigenvalue weighted by Crippen LogP contribution is -2.43. The van der Waals surface area contributed by atoms with E-state index in [4.69, 9.17) is 4.74 Å². The molecule has 1 aliphatic heterocycles. The van der Waals surface area contributed by atoms with Gasteiger partial charge in [0.1, 0.15) is 0 Å². The number of fused-ring (bicyclic) bond motifs is 1. The van der Waals surface area contributed by atoms with E-state index in [1.807, 2.05) is 23.1 Å². The summed E-state index contributed by atoms with van der Waals surface area (Å²) in [7, 11) is 0. The SMILES string of the molecule is CC1CCC(NC(=O)COC(=O)[C@H]2CCCC[C@@H]2C(=O)N2CCc3ccccc32)CC1. The second kappa shape index (κ2) is 9.84. The fourth-order valence-corrected chi connectivity index (χ4v) is 5.39. The Morgan fingerprint density at radius 2 is 1.71 bits per heavy atom. The molecule has 1 heterocycles. The third-order valence-corrected chi connectivity index (χ3v) is 7.27. The van der Waals surface area contributed by atoms with Crippen molar-refractivity contribution in [3.8, 4) is 0 Å². The number of para-hydroxylation sites is 1. The molecule has 0 spiro atoms. The highest BCUT2D eigenvalue weighted by Gasteiger charge is 2.40. The van der Waals surface area contributed by atoms with Gasteiger partial charge in [0, 0.05) is 18.3 Å². The molecule has 1 aromatic rings. The molecule has 2 atom stereocenters. The molecule has 0 saturated heterocycles. The molecule has 2 fully saturated rings. The fourth-order valence-electron chi connectivity index (χ4n) is 5.39. The third-order valence-electron chi connectivity index (χ3n) is 7.27. The highest BCUT2D eigenvalue weighted by atomic mass is 16.5. The maximum Gasteiger partial charge on any atom is 0.310 e. The maximum atomic E-state index is 13.3. The third kappa shape index (κ3) is 5.10. The number of anilines is 1. The van der Waals surface area contributed by atoms with Crippen molar-refractivity contribution in [1.29, 1.82) is 0 Å².